The van der Waals surface area contributed by atoms with Crippen LogP contribution in [0.3, 0.4) is 0 Å². The van der Waals surface area contributed by atoms with Crippen molar-refractivity contribution in [3.05, 3.63) is 76.6 Å². The molecule has 0 fully saturated rings. The zero-order valence-electron chi connectivity index (χ0n) is 16.1. The molecule has 5 nitrogen and oxygen atoms in total. The fourth-order valence-electron chi connectivity index (χ4n) is 2.97. The number of rotatable bonds is 5. The van der Waals surface area contributed by atoms with E-state index in [4.69, 9.17) is 0 Å². The van der Waals surface area contributed by atoms with E-state index in [1.54, 1.807) is 6.07 Å². The predicted octanol–water partition coefficient (Wildman–Crippen LogP) is 4.96. The lowest BCUT2D eigenvalue weighted by Crippen LogP contribution is -2.17. The molecule has 0 saturated heterocycles. The summed E-state index contributed by atoms with van der Waals surface area (Å²) in [6, 6.07) is 15.7. The minimum atomic E-state index is -0.239. The maximum Gasteiger partial charge on any atom is 0.274 e. The van der Waals surface area contributed by atoms with E-state index in [9.17, 15) is 4.79 Å². The van der Waals surface area contributed by atoms with E-state index in [0.29, 0.717) is 11.6 Å². The van der Waals surface area contributed by atoms with Crippen LogP contribution in [0.2, 0.25) is 0 Å². The molecule has 1 aromatic heterocycles. The van der Waals surface area contributed by atoms with E-state index in [2.05, 4.69) is 27.5 Å². The third kappa shape index (κ3) is 4.50. The summed E-state index contributed by atoms with van der Waals surface area (Å²) in [5.74, 6) is 0.169. The first-order valence-electron chi connectivity index (χ1n) is 9.05. The van der Waals surface area contributed by atoms with Gasteiger partial charge in [-0.3, -0.25) is 4.79 Å². The molecule has 3 rings (SSSR count). The van der Waals surface area contributed by atoms with Crippen LogP contribution in [0.25, 0.3) is 0 Å². The van der Waals surface area contributed by atoms with Gasteiger partial charge in [0.15, 0.2) is 0 Å². The standard InChI is InChI=1S/C22H24N4O/c1-5-17-10-7-9-15(3)20(17)26-21(27)19-13-16(4)23-22(25-19)24-18-11-6-8-14(2)12-18/h6-13H,5H2,1-4H3,(H,26,27)(H,23,24,25). The summed E-state index contributed by atoms with van der Waals surface area (Å²) in [7, 11) is 0. The van der Waals surface area contributed by atoms with Crippen LogP contribution in [0.5, 0.6) is 0 Å². The number of nitrogens with one attached hydrogen (secondary N) is 2. The largest absolute Gasteiger partial charge is 0.324 e. The highest BCUT2D eigenvalue weighted by Gasteiger charge is 2.14. The number of anilines is 3. The second-order valence-electron chi connectivity index (χ2n) is 6.63. The molecule has 1 heterocycles. The van der Waals surface area contributed by atoms with Gasteiger partial charge in [-0.1, -0.05) is 37.3 Å². The molecule has 0 aliphatic rings. The van der Waals surface area contributed by atoms with Gasteiger partial charge in [-0.05, 0) is 62.1 Å². The van der Waals surface area contributed by atoms with Crippen molar-refractivity contribution in [3.8, 4) is 0 Å². The molecule has 0 radical (unpaired) electrons. The van der Waals surface area contributed by atoms with Crippen LogP contribution in [0, 0.1) is 20.8 Å². The number of para-hydroxylation sites is 1. The fourth-order valence-corrected chi connectivity index (χ4v) is 2.97. The first-order valence-corrected chi connectivity index (χ1v) is 9.05. The van der Waals surface area contributed by atoms with Gasteiger partial charge in [-0.25, -0.2) is 9.97 Å². The van der Waals surface area contributed by atoms with E-state index in [-0.39, 0.29) is 5.91 Å². The van der Waals surface area contributed by atoms with E-state index >= 15 is 0 Å². The third-order valence-electron chi connectivity index (χ3n) is 4.34. The van der Waals surface area contributed by atoms with Gasteiger partial charge in [-0.2, -0.15) is 0 Å². The Balaban J connectivity index is 1.87. The number of hydrogen-bond donors (Lipinski definition) is 2. The molecule has 3 aromatic rings. The summed E-state index contributed by atoms with van der Waals surface area (Å²) < 4.78 is 0. The molecule has 2 N–H and O–H groups in total. The van der Waals surface area contributed by atoms with Gasteiger partial charge in [0.1, 0.15) is 5.69 Å². The summed E-state index contributed by atoms with van der Waals surface area (Å²) in [4.78, 5) is 21.6. The minimum absolute atomic E-state index is 0.239. The van der Waals surface area contributed by atoms with Gasteiger partial charge < -0.3 is 10.6 Å². The molecular formula is C22H24N4O. The molecule has 0 saturated carbocycles. The molecule has 2 aromatic carbocycles. The number of benzene rings is 2. The van der Waals surface area contributed by atoms with Gasteiger partial charge in [0.25, 0.3) is 5.91 Å². The minimum Gasteiger partial charge on any atom is -0.324 e. The first-order chi connectivity index (χ1) is 13.0. The van der Waals surface area contributed by atoms with Crippen LogP contribution >= 0.6 is 0 Å². The predicted molar refractivity (Wildman–Crippen MR) is 110 cm³/mol. The summed E-state index contributed by atoms with van der Waals surface area (Å²) in [5, 5.41) is 6.19. The highest BCUT2D eigenvalue weighted by molar-refractivity contribution is 6.04. The smallest absolute Gasteiger partial charge is 0.274 e. The zero-order valence-corrected chi connectivity index (χ0v) is 16.1. The molecule has 138 valence electrons. The van der Waals surface area contributed by atoms with Crippen LogP contribution < -0.4 is 10.6 Å². The quantitative estimate of drug-likeness (QED) is 0.675. The maximum absolute atomic E-state index is 12.8. The van der Waals surface area contributed by atoms with Crippen molar-refractivity contribution in [1.82, 2.24) is 9.97 Å². The monoisotopic (exact) mass is 360 g/mol. The molecule has 0 unspecified atom stereocenters. The summed E-state index contributed by atoms with van der Waals surface area (Å²) in [6.07, 6.45) is 0.847. The molecule has 5 heteroatoms. The Hall–Kier alpha value is -3.21. The molecule has 0 aliphatic carbocycles. The Morgan fingerprint density at radius 2 is 1.78 bits per heavy atom. The summed E-state index contributed by atoms with van der Waals surface area (Å²) in [5.41, 5.74) is 6.08. The fraction of sp³-hybridized carbons (Fsp3) is 0.227. The Kier molecular flexibility index (Phi) is 5.50. The van der Waals surface area contributed by atoms with Crippen LogP contribution in [0.15, 0.2) is 48.5 Å². The molecule has 0 spiro atoms. The van der Waals surface area contributed by atoms with Gasteiger partial charge in [-0.15, -0.1) is 0 Å². The number of carbonyl (C=O) groups excluding carboxylic acids is 1. The Morgan fingerprint density at radius 1 is 1.00 bits per heavy atom. The van der Waals surface area contributed by atoms with E-state index in [0.717, 1.165) is 40.2 Å². The SMILES string of the molecule is CCc1cccc(C)c1NC(=O)c1cc(C)nc(Nc2cccc(C)c2)n1. The number of aromatic nitrogens is 2. The Labute approximate surface area is 159 Å². The highest BCUT2D eigenvalue weighted by atomic mass is 16.1. The first kappa shape index (κ1) is 18.6. The van der Waals surface area contributed by atoms with E-state index in [1.807, 2.05) is 63.2 Å². The molecular weight excluding hydrogens is 336 g/mol. The molecule has 1 amide bonds. The van der Waals surface area contributed by atoms with Crippen molar-refractivity contribution in [2.75, 3.05) is 10.6 Å². The van der Waals surface area contributed by atoms with Crippen molar-refractivity contribution in [2.24, 2.45) is 0 Å². The van der Waals surface area contributed by atoms with Gasteiger partial charge >= 0.3 is 0 Å². The van der Waals surface area contributed by atoms with Crippen molar-refractivity contribution >= 4 is 23.2 Å². The number of carbonyl (C=O) groups is 1. The highest BCUT2D eigenvalue weighted by Crippen LogP contribution is 2.22. The third-order valence-corrected chi connectivity index (χ3v) is 4.34. The number of hydrogen-bond acceptors (Lipinski definition) is 4. The summed E-state index contributed by atoms with van der Waals surface area (Å²) in [6.45, 7) is 7.94. The van der Waals surface area contributed by atoms with Gasteiger partial charge in [0, 0.05) is 17.1 Å². The number of nitrogens with zero attached hydrogens (tertiary/aromatic N) is 2. The molecule has 0 bridgehead atoms. The molecule has 27 heavy (non-hydrogen) atoms. The van der Waals surface area contributed by atoms with Gasteiger partial charge in [0.2, 0.25) is 5.95 Å². The van der Waals surface area contributed by atoms with E-state index in [1.165, 1.54) is 0 Å². The second-order valence-corrected chi connectivity index (χ2v) is 6.63. The summed E-state index contributed by atoms with van der Waals surface area (Å²) >= 11 is 0. The average Bonchev–Trinajstić information content (AvgIpc) is 2.62. The molecule has 0 aliphatic heterocycles. The van der Waals surface area contributed by atoms with Crippen molar-refractivity contribution < 1.29 is 4.79 Å². The topological polar surface area (TPSA) is 66.9 Å². The number of aryl methyl sites for hydroxylation is 4. The lowest BCUT2D eigenvalue weighted by molar-refractivity contribution is 0.102. The van der Waals surface area contributed by atoms with Crippen molar-refractivity contribution in [2.45, 2.75) is 34.1 Å². The Bertz CT molecular complexity index is 982. The number of amides is 1. The van der Waals surface area contributed by atoms with E-state index < -0.39 is 0 Å². The lowest BCUT2D eigenvalue weighted by Gasteiger charge is -2.13. The normalized spacial score (nSPS) is 10.5. The van der Waals surface area contributed by atoms with Crippen LogP contribution in [-0.4, -0.2) is 15.9 Å². The molecule has 0 atom stereocenters. The zero-order chi connectivity index (χ0) is 19.4. The second kappa shape index (κ2) is 7.99. The average molecular weight is 360 g/mol. The van der Waals surface area contributed by atoms with Crippen LogP contribution in [0.4, 0.5) is 17.3 Å². The van der Waals surface area contributed by atoms with Crippen LogP contribution in [-0.2, 0) is 6.42 Å². The maximum atomic E-state index is 12.8. The van der Waals surface area contributed by atoms with Crippen molar-refractivity contribution in [1.29, 1.82) is 0 Å². The van der Waals surface area contributed by atoms with Crippen LogP contribution in [0.1, 0.15) is 39.8 Å². The van der Waals surface area contributed by atoms with Crippen molar-refractivity contribution in [3.63, 3.8) is 0 Å². The Morgan fingerprint density at radius 3 is 2.52 bits per heavy atom. The lowest BCUT2D eigenvalue weighted by atomic mass is 10.1. The van der Waals surface area contributed by atoms with Gasteiger partial charge in [0.05, 0.1) is 0 Å².